The van der Waals surface area contributed by atoms with Gasteiger partial charge in [0, 0.05) is 13.0 Å². The third-order valence-corrected chi connectivity index (χ3v) is 4.00. The van der Waals surface area contributed by atoms with Crippen molar-refractivity contribution in [3.63, 3.8) is 0 Å². The van der Waals surface area contributed by atoms with Gasteiger partial charge in [0.05, 0.1) is 0 Å². The summed E-state index contributed by atoms with van der Waals surface area (Å²) in [6, 6.07) is 4.53. The molecular formula is C15H16N2O6. The molecule has 8 heteroatoms. The Hall–Kier alpha value is -2.77. The zero-order valence-corrected chi connectivity index (χ0v) is 12.5. The fourth-order valence-electron chi connectivity index (χ4n) is 2.69. The summed E-state index contributed by atoms with van der Waals surface area (Å²) in [7, 11) is 0. The van der Waals surface area contributed by atoms with Gasteiger partial charge in [-0.15, -0.1) is 0 Å². The molecule has 0 radical (unpaired) electrons. The first kappa shape index (κ1) is 15.1. The van der Waals surface area contributed by atoms with Crippen LogP contribution in [0.4, 0.5) is 4.79 Å². The highest BCUT2D eigenvalue weighted by atomic mass is 16.7. The van der Waals surface area contributed by atoms with Crippen molar-refractivity contribution in [2.75, 3.05) is 13.3 Å². The molecule has 1 saturated heterocycles. The average molecular weight is 320 g/mol. The second kappa shape index (κ2) is 5.45. The highest BCUT2D eigenvalue weighted by molar-refractivity contribution is 6.07. The normalized spacial score (nSPS) is 22.4. The van der Waals surface area contributed by atoms with Crippen molar-refractivity contribution >= 4 is 17.9 Å². The number of amides is 3. The Labute approximate surface area is 132 Å². The Bertz CT molecular complexity index is 689. The minimum atomic E-state index is -1.21. The molecule has 3 rings (SSSR count). The quantitative estimate of drug-likeness (QED) is 0.786. The van der Waals surface area contributed by atoms with E-state index in [4.69, 9.17) is 14.6 Å². The zero-order valence-electron chi connectivity index (χ0n) is 12.5. The summed E-state index contributed by atoms with van der Waals surface area (Å²) < 4.78 is 10.5. The molecule has 23 heavy (non-hydrogen) atoms. The van der Waals surface area contributed by atoms with Crippen LogP contribution in [-0.4, -0.2) is 41.3 Å². The van der Waals surface area contributed by atoms with Gasteiger partial charge >= 0.3 is 12.0 Å². The Morgan fingerprint density at radius 3 is 2.83 bits per heavy atom. The fourth-order valence-corrected chi connectivity index (χ4v) is 2.69. The summed E-state index contributed by atoms with van der Waals surface area (Å²) in [5.74, 6) is -0.259. The van der Waals surface area contributed by atoms with Crippen LogP contribution in [0.5, 0.6) is 11.5 Å². The van der Waals surface area contributed by atoms with Crippen LogP contribution >= 0.6 is 0 Å². The number of benzene rings is 1. The molecule has 0 aromatic heterocycles. The van der Waals surface area contributed by atoms with Crippen molar-refractivity contribution in [3.8, 4) is 11.5 Å². The van der Waals surface area contributed by atoms with E-state index in [1.807, 2.05) is 0 Å². The van der Waals surface area contributed by atoms with Crippen LogP contribution in [0, 0.1) is 0 Å². The number of urea groups is 1. The number of imide groups is 1. The molecule has 2 N–H and O–H groups in total. The Morgan fingerprint density at radius 2 is 2.09 bits per heavy atom. The number of carbonyl (C=O) groups excluding carboxylic acids is 2. The van der Waals surface area contributed by atoms with Gasteiger partial charge in [-0.3, -0.25) is 14.5 Å². The molecule has 0 bridgehead atoms. The highest BCUT2D eigenvalue weighted by Crippen LogP contribution is 2.37. The van der Waals surface area contributed by atoms with Gasteiger partial charge in [0.15, 0.2) is 11.5 Å². The lowest BCUT2D eigenvalue weighted by molar-refractivity contribution is -0.138. The van der Waals surface area contributed by atoms with Crippen LogP contribution in [0.1, 0.15) is 25.3 Å². The van der Waals surface area contributed by atoms with E-state index in [9.17, 15) is 14.4 Å². The van der Waals surface area contributed by atoms with Gasteiger partial charge in [-0.25, -0.2) is 4.79 Å². The van der Waals surface area contributed by atoms with Crippen molar-refractivity contribution < 1.29 is 29.0 Å². The number of ether oxygens (including phenoxy) is 2. The molecule has 1 unspecified atom stereocenters. The first-order valence-corrected chi connectivity index (χ1v) is 7.18. The number of aliphatic carboxylic acids is 1. The Kier molecular flexibility index (Phi) is 3.59. The summed E-state index contributed by atoms with van der Waals surface area (Å²) >= 11 is 0. The molecule has 0 saturated carbocycles. The van der Waals surface area contributed by atoms with Gasteiger partial charge < -0.3 is 19.9 Å². The minimum absolute atomic E-state index is 0.0666. The topological polar surface area (TPSA) is 105 Å². The van der Waals surface area contributed by atoms with Crippen LogP contribution in [0.2, 0.25) is 0 Å². The first-order chi connectivity index (χ1) is 10.9. The van der Waals surface area contributed by atoms with E-state index < -0.39 is 23.4 Å². The van der Waals surface area contributed by atoms with Crippen molar-refractivity contribution in [3.05, 3.63) is 23.8 Å². The van der Waals surface area contributed by atoms with E-state index in [-0.39, 0.29) is 26.2 Å². The van der Waals surface area contributed by atoms with E-state index >= 15 is 0 Å². The minimum Gasteiger partial charge on any atom is -0.481 e. The lowest BCUT2D eigenvalue weighted by Crippen LogP contribution is -2.41. The average Bonchev–Trinajstić information content (AvgIpc) is 3.05. The SMILES string of the molecule is CC1(c2ccc3c(c2)OCO3)NC(=O)N(CCCC(=O)O)C1=O. The van der Waals surface area contributed by atoms with Gasteiger partial charge in [-0.1, -0.05) is 6.07 Å². The number of carboxylic acid groups (broad SMARTS) is 1. The largest absolute Gasteiger partial charge is 0.481 e. The van der Waals surface area contributed by atoms with E-state index in [2.05, 4.69) is 5.32 Å². The van der Waals surface area contributed by atoms with Crippen molar-refractivity contribution in [2.45, 2.75) is 25.3 Å². The van der Waals surface area contributed by atoms with Crippen LogP contribution in [-0.2, 0) is 15.1 Å². The van der Waals surface area contributed by atoms with Crippen LogP contribution in [0.3, 0.4) is 0 Å². The molecular weight excluding hydrogens is 304 g/mol. The molecule has 2 aliphatic heterocycles. The number of nitrogens with one attached hydrogen (secondary N) is 1. The number of carbonyl (C=O) groups is 3. The molecule has 0 spiro atoms. The summed E-state index contributed by atoms with van der Waals surface area (Å²) in [5, 5.41) is 11.3. The Morgan fingerprint density at radius 1 is 1.35 bits per heavy atom. The smallest absolute Gasteiger partial charge is 0.325 e. The number of hydrogen-bond acceptors (Lipinski definition) is 5. The number of carboxylic acids is 1. The molecule has 2 heterocycles. The molecule has 8 nitrogen and oxygen atoms in total. The number of fused-ring (bicyclic) bond motifs is 1. The third-order valence-electron chi connectivity index (χ3n) is 4.00. The molecule has 0 aliphatic carbocycles. The van der Waals surface area contributed by atoms with Crippen LogP contribution < -0.4 is 14.8 Å². The maximum atomic E-state index is 12.6. The standard InChI is InChI=1S/C15H16N2O6/c1-15(9-4-5-10-11(7-9)23-8-22-10)13(20)17(14(21)16-15)6-2-3-12(18)19/h4-5,7H,2-3,6,8H2,1H3,(H,16,21)(H,18,19). The maximum Gasteiger partial charge on any atom is 0.325 e. The molecule has 1 fully saturated rings. The molecule has 1 atom stereocenters. The van der Waals surface area contributed by atoms with Crippen molar-refractivity contribution in [2.24, 2.45) is 0 Å². The fraction of sp³-hybridized carbons (Fsp3) is 0.400. The highest BCUT2D eigenvalue weighted by Gasteiger charge is 2.49. The van der Waals surface area contributed by atoms with Crippen LogP contribution in [0.15, 0.2) is 18.2 Å². The summed E-state index contributed by atoms with van der Waals surface area (Å²) in [6.45, 7) is 1.80. The third kappa shape index (κ3) is 2.56. The van der Waals surface area contributed by atoms with Gasteiger partial charge in [0.2, 0.25) is 6.79 Å². The molecule has 122 valence electrons. The summed E-state index contributed by atoms with van der Waals surface area (Å²) in [4.78, 5) is 36.3. The lowest BCUT2D eigenvalue weighted by Gasteiger charge is -2.22. The molecule has 1 aromatic carbocycles. The number of rotatable bonds is 5. The van der Waals surface area contributed by atoms with Gasteiger partial charge in [-0.05, 0) is 31.0 Å². The first-order valence-electron chi connectivity index (χ1n) is 7.18. The predicted octanol–water partition coefficient (Wildman–Crippen LogP) is 1.05. The second-order valence-electron chi connectivity index (χ2n) is 5.58. The number of nitrogens with zero attached hydrogens (tertiary/aromatic N) is 1. The summed E-state index contributed by atoms with van der Waals surface area (Å²) in [6.07, 6.45) is 0.115. The van der Waals surface area contributed by atoms with E-state index in [1.54, 1.807) is 25.1 Å². The Balaban J connectivity index is 1.80. The van der Waals surface area contributed by atoms with Gasteiger partial charge in [-0.2, -0.15) is 0 Å². The monoisotopic (exact) mass is 320 g/mol. The van der Waals surface area contributed by atoms with Crippen molar-refractivity contribution in [1.82, 2.24) is 10.2 Å². The van der Waals surface area contributed by atoms with Gasteiger partial charge in [0.25, 0.3) is 5.91 Å². The summed E-state index contributed by atoms with van der Waals surface area (Å²) in [5.41, 5.74) is -0.623. The van der Waals surface area contributed by atoms with E-state index in [1.165, 1.54) is 0 Å². The molecule has 1 aromatic rings. The van der Waals surface area contributed by atoms with Crippen molar-refractivity contribution in [1.29, 1.82) is 0 Å². The molecule has 3 amide bonds. The van der Waals surface area contributed by atoms with E-state index in [0.717, 1.165) is 4.90 Å². The maximum absolute atomic E-state index is 12.6. The molecule has 2 aliphatic rings. The second-order valence-corrected chi connectivity index (χ2v) is 5.58. The lowest BCUT2D eigenvalue weighted by atomic mass is 9.91. The zero-order chi connectivity index (χ0) is 16.6. The number of hydrogen-bond donors (Lipinski definition) is 2. The van der Waals surface area contributed by atoms with E-state index in [0.29, 0.717) is 17.1 Å². The van der Waals surface area contributed by atoms with Crippen LogP contribution in [0.25, 0.3) is 0 Å². The predicted molar refractivity (Wildman–Crippen MR) is 77.0 cm³/mol. The van der Waals surface area contributed by atoms with Gasteiger partial charge in [0.1, 0.15) is 5.54 Å².